The van der Waals surface area contributed by atoms with E-state index in [2.05, 4.69) is 4.52 Å². The van der Waals surface area contributed by atoms with Crippen LogP contribution in [0, 0.1) is 5.92 Å². The van der Waals surface area contributed by atoms with Gasteiger partial charge in [-0.3, -0.25) is 4.79 Å². The molecule has 5 heteroatoms. The number of ketones is 1. The summed E-state index contributed by atoms with van der Waals surface area (Å²) in [4.78, 5) is 19.0. The van der Waals surface area contributed by atoms with Gasteiger partial charge in [-0.25, -0.2) is 0 Å². The van der Waals surface area contributed by atoms with Gasteiger partial charge >= 0.3 is 8.25 Å². The monoisotopic (exact) mass is 179 g/mol. The molecular formula is C6H12O4P+. The van der Waals surface area contributed by atoms with Gasteiger partial charge in [-0.1, -0.05) is 13.8 Å². The van der Waals surface area contributed by atoms with Gasteiger partial charge in [-0.05, 0) is 0 Å². The smallest absolute Gasteiger partial charge is 0.299 e. The van der Waals surface area contributed by atoms with Crippen LogP contribution in [-0.4, -0.2) is 17.3 Å². The molecule has 0 aliphatic heterocycles. The van der Waals surface area contributed by atoms with E-state index in [1.165, 1.54) is 0 Å². The number of hydrogen-bond donors (Lipinski definition) is 1. The zero-order chi connectivity index (χ0) is 8.85. The first-order valence-electron chi connectivity index (χ1n) is 3.35. The zero-order valence-corrected chi connectivity index (χ0v) is 7.51. The summed E-state index contributed by atoms with van der Waals surface area (Å²) >= 11 is 0. The molecule has 64 valence electrons. The zero-order valence-electron chi connectivity index (χ0n) is 6.61. The van der Waals surface area contributed by atoms with Crippen molar-refractivity contribution in [3.63, 3.8) is 0 Å². The third-order valence-electron chi connectivity index (χ3n) is 1.19. The Morgan fingerprint density at radius 2 is 2.18 bits per heavy atom. The van der Waals surface area contributed by atoms with Crippen LogP contribution in [0.2, 0.25) is 0 Å². The first-order chi connectivity index (χ1) is 5.04. The molecule has 0 saturated heterocycles. The van der Waals surface area contributed by atoms with Crippen LogP contribution in [0.3, 0.4) is 0 Å². The van der Waals surface area contributed by atoms with E-state index in [4.69, 9.17) is 4.89 Å². The minimum Gasteiger partial charge on any atom is -0.299 e. The number of hydrogen-bond acceptors (Lipinski definition) is 3. The van der Waals surface area contributed by atoms with Gasteiger partial charge in [0.15, 0.2) is 0 Å². The summed E-state index contributed by atoms with van der Waals surface area (Å²) in [7, 11) is -2.55. The van der Waals surface area contributed by atoms with Crippen LogP contribution in [-0.2, 0) is 13.9 Å². The molecule has 0 spiro atoms. The quantitative estimate of drug-likeness (QED) is 0.645. The third-order valence-corrected chi connectivity index (χ3v) is 1.60. The SMILES string of the molecule is CC(C)C(=O)CCO[P+](=O)O. The fourth-order valence-electron chi connectivity index (χ4n) is 0.513. The van der Waals surface area contributed by atoms with Gasteiger partial charge < -0.3 is 0 Å². The summed E-state index contributed by atoms with van der Waals surface area (Å²) < 4.78 is 14.3. The molecule has 0 rings (SSSR count). The van der Waals surface area contributed by atoms with Gasteiger partial charge in [0.2, 0.25) is 0 Å². The summed E-state index contributed by atoms with van der Waals surface area (Å²) in [5.41, 5.74) is 0. The summed E-state index contributed by atoms with van der Waals surface area (Å²) in [6.45, 7) is 3.59. The number of carbonyl (C=O) groups is 1. The maximum Gasteiger partial charge on any atom is 0.694 e. The number of carbonyl (C=O) groups excluding carboxylic acids is 1. The second kappa shape index (κ2) is 5.35. The molecular weight excluding hydrogens is 167 g/mol. The van der Waals surface area contributed by atoms with Crippen molar-refractivity contribution < 1.29 is 18.8 Å². The Hall–Kier alpha value is -0.310. The van der Waals surface area contributed by atoms with Gasteiger partial charge in [0.05, 0.1) is 0 Å². The highest BCUT2D eigenvalue weighted by Crippen LogP contribution is 2.14. The predicted molar refractivity (Wildman–Crippen MR) is 40.2 cm³/mol. The highest BCUT2D eigenvalue weighted by atomic mass is 31.1. The average molecular weight is 179 g/mol. The van der Waals surface area contributed by atoms with Crippen LogP contribution < -0.4 is 0 Å². The van der Waals surface area contributed by atoms with Gasteiger partial charge in [-0.15, -0.1) is 9.42 Å². The van der Waals surface area contributed by atoms with Crippen molar-refractivity contribution in [3.8, 4) is 0 Å². The number of rotatable bonds is 5. The van der Waals surface area contributed by atoms with Crippen LogP contribution in [0.1, 0.15) is 20.3 Å². The number of Topliss-reactive ketones (excluding diaryl/α,β-unsaturated/α-hetero) is 1. The van der Waals surface area contributed by atoms with Gasteiger partial charge in [0.25, 0.3) is 0 Å². The van der Waals surface area contributed by atoms with E-state index in [9.17, 15) is 9.36 Å². The molecule has 0 fully saturated rings. The normalized spacial score (nSPS) is 11.8. The highest BCUT2D eigenvalue weighted by Gasteiger charge is 2.14. The van der Waals surface area contributed by atoms with E-state index in [0.29, 0.717) is 0 Å². The molecule has 0 amide bonds. The minimum absolute atomic E-state index is 0.0305. The summed E-state index contributed by atoms with van der Waals surface area (Å²) in [6.07, 6.45) is 0.208. The standard InChI is InChI=1S/C6H11O4P/c1-5(2)6(7)3-4-10-11(8)9/h5H,3-4H2,1-2H3/p+1. The first-order valence-corrected chi connectivity index (χ1v) is 4.49. The minimum atomic E-state index is -2.55. The van der Waals surface area contributed by atoms with Gasteiger partial charge in [0.1, 0.15) is 12.4 Å². The summed E-state index contributed by atoms with van der Waals surface area (Å²) in [5, 5.41) is 0. The molecule has 11 heavy (non-hydrogen) atoms. The molecule has 1 atom stereocenters. The molecule has 0 radical (unpaired) electrons. The molecule has 0 heterocycles. The lowest BCUT2D eigenvalue weighted by Crippen LogP contribution is -2.08. The van der Waals surface area contributed by atoms with Crippen LogP contribution >= 0.6 is 8.25 Å². The Bertz CT molecular complexity index is 155. The van der Waals surface area contributed by atoms with Crippen molar-refractivity contribution in [1.29, 1.82) is 0 Å². The van der Waals surface area contributed by atoms with Crippen molar-refractivity contribution in [2.75, 3.05) is 6.61 Å². The Kier molecular flexibility index (Phi) is 5.20. The highest BCUT2D eigenvalue weighted by molar-refractivity contribution is 7.32. The predicted octanol–water partition coefficient (Wildman–Crippen LogP) is 1.27. The lowest BCUT2D eigenvalue weighted by Gasteiger charge is -1.98. The second-order valence-corrected chi connectivity index (χ2v) is 3.18. The van der Waals surface area contributed by atoms with E-state index in [1.807, 2.05) is 0 Å². The fourth-order valence-corrected chi connectivity index (χ4v) is 0.760. The topological polar surface area (TPSA) is 63.6 Å². The van der Waals surface area contributed by atoms with E-state index in [1.54, 1.807) is 13.8 Å². The van der Waals surface area contributed by atoms with Crippen molar-refractivity contribution in [1.82, 2.24) is 0 Å². The van der Waals surface area contributed by atoms with Crippen molar-refractivity contribution >= 4 is 14.0 Å². The largest absolute Gasteiger partial charge is 0.694 e. The van der Waals surface area contributed by atoms with Crippen molar-refractivity contribution in [2.24, 2.45) is 5.92 Å². The van der Waals surface area contributed by atoms with Crippen LogP contribution in [0.25, 0.3) is 0 Å². The molecule has 0 saturated carbocycles. The first kappa shape index (κ1) is 10.7. The molecule has 1 unspecified atom stereocenters. The Morgan fingerprint density at radius 3 is 2.55 bits per heavy atom. The van der Waals surface area contributed by atoms with Crippen LogP contribution in [0.5, 0.6) is 0 Å². The molecule has 0 aromatic rings. The Labute approximate surface area is 66.5 Å². The van der Waals surface area contributed by atoms with E-state index in [-0.39, 0.29) is 24.7 Å². The molecule has 0 bridgehead atoms. The molecule has 0 aliphatic rings. The lowest BCUT2D eigenvalue weighted by atomic mass is 10.1. The maximum atomic E-state index is 10.9. The summed E-state index contributed by atoms with van der Waals surface area (Å²) in [6, 6.07) is 0. The fraction of sp³-hybridized carbons (Fsp3) is 0.833. The molecule has 0 aromatic carbocycles. The van der Waals surface area contributed by atoms with Gasteiger partial charge in [0, 0.05) is 16.9 Å². The van der Waals surface area contributed by atoms with Gasteiger partial charge in [-0.2, -0.15) is 0 Å². The third kappa shape index (κ3) is 6.10. The van der Waals surface area contributed by atoms with Crippen molar-refractivity contribution in [3.05, 3.63) is 0 Å². The Balaban J connectivity index is 3.39. The van der Waals surface area contributed by atoms with Crippen LogP contribution in [0.4, 0.5) is 0 Å². The van der Waals surface area contributed by atoms with E-state index < -0.39 is 8.25 Å². The molecule has 1 N–H and O–H groups in total. The lowest BCUT2D eigenvalue weighted by molar-refractivity contribution is -0.122. The molecule has 4 nitrogen and oxygen atoms in total. The molecule has 0 aliphatic carbocycles. The van der Waals surface area contributed by atoms with Crippen LogP contribution in [0.15, 0.2) is 0 Å². The van der Waals surface area contributed by atoms with E-state index >= 15 is 0 Å². The van der Waals surface area contributed by atoms with E-state index in [0.717, 1.165) is 0 Å². The molecule has 0 aromatic heterocycles. The maximum absolute atomic E-state index is 10.9. The average Bonchev–Trinajstić information content (AvgIpc) is 1.86. The second-order valence-electron chi connectivity index (χ2n) is 2.44. The summed E-state index contributed by atoms with van der Waals surface area (Å²) in [5.74, 6) is 0.0111. The van der Waals surface area contributed by atoms with Crippen molar-refractivity contribution in [2.45, 2.75) is 20.3 Å². The Morgan fingerprint density at radius 1 is 1.64 bits per heavy atom.